The Morgan fingerprint density at radius 1 is 0.970 bits per heavy atom. The molecule has 0 aliphatic rings. The summed E-state index contributed by atoms with van der Waals surface area (Å²) in [5.41, 5.74) is 4.61. The maximum atomic E-state index is 13.3. The van der Waals surface area contributed by atoms with Gasteiger partial charge in [-0.1, -0.05) is 48.0 Å². The van der Waals surface area contributed by atoms with Gasteiger partial charge in [-0.3, -0.25) is 24.7 Å². The highest BCUT2D eigenvalue weighted by Crippen LogP contribution is 2.30. The van der Waals surface area contributed by atoms with Gasteiger partial charge in [0.1, 0.15) is 5.75 Å². The second-order valence-electron chi connectivity index (χ2n) is 6.73. The number of amides is 2. The van der Waals surface area contributed by atoms with E-state index in [4.69, 9.17) is 11.6 Å². The van der Waals surface area contributed by atoms with Crippen molar-refractivity contribution in [1.82, 2.24) is 10.9 Å². The molecule has 3 rings (SSSR count). The molecule has 0 bridgehead atoms. The Kier molecular flexibility index (Phi) is 7.37. The standard InChI is InChI=1S/C23H20ClN3O5S/c1-2-14-27(20-12-5-4-11-19(20)24)33(31,32)17-9-7-8-16(15-17)22(29)25-26-23(30)18-10-3-6-13-21(18)28/h2-13,15,28H,1,14H2,(H,25,29)(H,26,30). The first-order chi connectivity index (χ1) is 15.8. The second kappa shape index (κ2) is 10.2. The zero-order chi connectivity index (χ0) is 24.0. The Balaban J connectivity index is 1.83. The summed E-state index contributed by atoms with van der Waals surface area (Å²) in [6, 6.07) is 17.6. The first-order valence-electron chi connectivity index (χ1n) is 9.62. The summed E-state index contributed by atoms with van der Waals surface area (Å²) in [5, 5.41) is 9.98. The molecule has 10 heteroatoms. The van der Waals surface area contributed by atoms with Crippen molar-refractivity contribution in [3.05, 3.63) is 102 Å². The molecular weight excluding hydrogens is 466 g/mol. The number of hydrazine groups is 1. The van der Waals surface area contributed by atoms with E-state index in [1.165, 1.54) is 42.5 Å². The van der Waals surface area contributed by atoms with E-state index in [0.29, 0.717) is 0 Å². The molecule has 3 aromatic rings. The van der Waals surface area contributed by atoms with Crippen molar-refractivity contribution in [2.24, 2.45) is 0 Å². The third-order valence-corrected chi connectivity index (χ3v) is 6.63. The minimum atomic E-state index is -4.10. The summed E-state index contributed by atoms with van der Waals surface area (Å²) >= 11 is 6.20. The van der Waals surface area contributed by atoms with Crippen LogP contribution in [-0.2, 0) is 10.0 Å². The number of para-hydroxylation sites is 2. The highest BCUT2D eigenvalue weighted by atomic mass is 35.5. The zero-order valence-corrected chi connectivity index (χ0v) is 18.8. The van der Waals surface area contributed by atoms with E-state index in [1.54, 1.807) is 36.4 Å². The number of phenolic OH excluding ortho intramolecular Hbond substituents is 1. The molecule has 0 spiro atoms. The number of hydrogen-bond acceptors (Lipinski definition) is 5. The fourth-order valence-corrected chi connectivity index (χ4v) is 4.73. The lowest BCUT2D eigenvalue weighted by atomic mass is 10.2. The monoisotopic (exact) mass is 485 g/mol. The Hall–Kier alpha value is -3.82. The number of nitrogens with zero attached hydrogens (tertiary/aromatic N) is 1. The van der Waals surface area contributed by atoms with Crippen LogP contribution < -0.4 is 15.2 Å². The maximum Gasteiger partial charge on any atom is 0.273 e. The predicted molar refractivity (Wildman–Crippen MR) is 126 cm³/mol. The first kappa shape index (κ1) is 23.8. The molecular formula is C23H20ClN3O5S. The van der Waals surface area contributed by atoms with Gasteiger partial charge in [0.15, 0.2) is 0 Å². The normalized spacial score (nSPS) is 10.8. The van der Waals surface area contributed by atoms with Gasteiger partial charge < -0.3 is 5.11 Å². The van der Waals surface area contributed by atoms with Crippen LogP contribution in [0, 0.1) is 0 Å². The number of halogens is 1. The maximum absolute atomic E-state index is 13.3. The van der Waals surface area contributed by atoms with Crippen LogP contribution in [0.5, 0.6) is 5.75 Å². The number of benzene rings is 3. The van der Waals surface area contributed by atoms with Crippen LogP contribution in [0.2, 0.25) is 5.02 Å². The summed E-state index contributed by atoms with van der Waals surface area (Å²) < 4.78 is 27.7. The van der Waals surface area contributed by atoms with Gasteiger partial charge in [-0.2, -0.15) is 0 Å². The summed E-state index contributed by atoms with van der Waals surface area (Å²) in [6.45, 7) is 3.57. The predicted octanol–water partition coefficient (Wildman–Crippen LogP) is 3.50. The van der Waals surface area contributed by atoms with Gasteiger partial charge >= 0.3 is 0 Å². The fraction of sp³-hybridized carbons (Fsp3) is 0.0435. The second-order valence-corrected chi connectivity index (χ2v) is 9.00. The summed E-state index contributed by atoms with van der Waals surface area (Å²) in [4.78, 5) is 24.5. The van der Waals surface area contributed by atoms with Gasteiger partial charge in [0, 0.05) is 5.56 Å². The van der Waals surface area contributed by atoms with Crippen LogP contribution in [-0.4, -0.2) is 31.9 Å². The van der Waals surface area contributed by atoms with Crippen LogP contribution in [0.25, 0.3) is 0 Å². The third-order valence-electron chi connectivity index (χ3n) is 4.54. The molecule has 0 unspecified atom stereocenters. The molecule has 0 aliphatic heterocycles. The largest absolute Gasteiger partial charge is 0.507 e. The molecule has 0 fully saturated rings. The fourth-order valence-electron chi connectivity index (χ4n) is 2.94. The smallest absolute Gasteiger partial charge is 0.273 e. The van der Waals surface area contributed by atoms with E-state index in [9.17, 15) is 23.1 Å². The lowest BCUT2D eigenvalue weighted by Crippen LogP contribution is -2.41. The summed E-state index contributed by atoms with van der Waals surface area (Å²) in [7, 11) is -4.10. The number of aromatic hydroxyl groups is 1. The zero-order valence-electron chi connectivity index (χ0n) is 17.2. The molecule has 0 heterocycles. The van der Waals surface area contributed by atoms with Gasteiger partial charge in [0.25, 0.3) is 21.8 Å². The molecule has 0 saturated carbocycles. The average molecular weight is 486 g/mol. The molecule has 0 atom stereocenters. The Morgan fingerprint density at radius 3 is 2.33 bits per heavy atom. The minimum Gasteiger partial charge on any atom is -0.507 e. The van der Waals surface area contributed by atoms with Gasteiger partial charge in [-0.25, -0.2) is 8.42 Å². The van der Waals surface area contributed by atoms with Crippen molar-refractivity contribution in [3.8, 4) is 5.75 Å². The highest BCUT2D eigenvalue weighted by molar-refractivity contribution is 7.92. The quantitative estimate of drug-likeness (QED) is 0.350. The van der Waals surface area contributed by atoms with Crippen molar-refractivity contribution in [1.29, 1.82) is 0 Å². The first-order valence-corrected chi connectivity index (χ1v) is 11.4. The molecule has 2 amide bonds. The molecule has 0 radical (unpaired) electrons. The number of sulfonamides is 1. The van der Waals surface area contributed by atoms with Gasteiger partial charge in [0.05, 0.1) is 27.7 Å². The number of hydrogen-bond donors (Lipinski definition) is 3. The molecule has 0 aromatic heterocycles. The Labute approximate surface area is 196 Å². The number of rotatable bonds is 7. The lowest BCUT2D eigenvalue weighted by molar-refractivity contribution is 0.0845. The minimum absolute atomic E-state index is 0.00799. The number of carbonyl (C=O) groups is 2. The highest BCUT2D eigenvalue weighted by Gasteiger charge is 2.26. The molecule has 3 aromatic carbocycles. The molecule has 3 N–H and O–H groups in total. The number of anilines is 1. The summed E-state index contributed by atoms with van der Waals surface area (Å²) in [6.07, 6.45) is 1.42. The van der Waals surface area contributed by atoms with Gasteiger partial charge in [-0.15, -0.1) is 6.58 Å². The number of phenols is 1. The van der Waals surface area contributed by atoms with E-state index in [2.05, 4.69) is 17.4 Å². The van der Waals surface area contributed by atoms with Crippen molar-refractivity contribution in [3.63, 3.8) is 0 Å². The van der Waals surface area contributed by atoms with E-state index >= 15 is 0 Å². The van der Waals surface area contributed by atoms with E-state index in [-0.39, 0.29) is 39.0 Å². The van der Waals surface area contributed by atoms with Crippen LogP contribution in [0.3, 0.4) is 0 Å². The molecule has 0 saturated heterocycles. The number of nitrogens with one attached hydrogen (secondary N) is 2. The summed E-state index contributed by atoms with van der Waals surface area (Å²) in [5.74, 6) is -1.73. The molecule has 33 heavy (non-hydrogen) atoms. The topological polar surface area (TPSA) is 116 Å². The third kappa shape index (κ3) is 5.33. The molecule has 0 aliphatic carbocycles. The van der Waals surface area contributed by atoms with Crippen LogP contribution in [0.1, 0.15) is 20.7 Å². The van der Waals surface area contributed by atoms with Gasteiger partial charge in [0.2, 0.25) is 0 Å². The van der Waals surface area contributed by atoms with E-state index in [1.807, 2.05) is 0 Å². The van der Waals surface area contributed by atoms with Gasteiger partial charge in [-0.05, 0) is 42.5 Å². The average Bonchev–Trinajstić information content (AvgIpc) is 2.81. The van der Waals surface area contributed by atoms with Crippen molar-refractivity contribution < 1.29 is 23.1 Å². The van der Waals surface area contributed by atoms with Crippen LogP contribution in [0.15, 0.2) is 90.3 Å². The Bertz CT molecular complexity index is 1310. The SMILES string of the molecule is C=CCN(c1ccccc1Cl)S(=O)(=O)c1cccc(C(=O)NNC(=O)c2ccccc2O)c1. The van der Waals surface area contributed by atoms with Crippen molar-refractivity contribution in [2.45, 2.75) is 4.90 Å². The van der Waals surface area contributed by atoms with Crippen molar-refractivity contribution in [2.75, 3.05) is 10.8 Å². The van der Waals surface area contributed by atoms with Crippen molar-refractivity contribution >= 4 is 39.1 Å². The van der Waals surface area contributed by atoms with E-state index in [0.717, 1.165) is 4.31 Å². The number of carbonyl (C=O) groups excluding carboxylic acids is 2. The molecule has 170 valence electrons. The Morgan fingerprint density at radius 2 is 1.64 bits per heavy atom. The lowest BCUT2D eigenvalue weighted by Gasteiger charge is -2.24. The van der Waals surface area contributed by atoms with Crippen LogP contribution >= 0.6 is 11.6 Å². The molecule has 8 nitrogen and oxygen atoms in total. The van der Waals surface area contributed by atoms with Crippen LogP contribution in [0.4, 0.5) is 5.69 Å². The van der Waals surface area contributed by atoms with E-state index < -0.39 is 21.8 Å².